The van der Waals surface area contributed by atoms with Gasteiger partial charge in [0.05, 0.1) is 0 Å². The van der Waals surface area contributed by atoms with Gasteiger partial charge in [-0.3, -0.25) is 0 Å². The van der Waals surface area contributed by atoms with Gasteiger partial charge in [-0.15, -0.1) is 0 Å². The normalized spacial score (nSPS) is 13.4. The third-order valence-electron chi connectivity index (χ3n) is 0.529. The maximum Gasteiger partial charge on any atom is 0.331 e. The monoisotopic (exact) mass is 130 g/mol. The molecule has 0 unspecified atom stereocenters. The lowest BCUT2D eigenvalue weighted by Gasteiger charge is -1.87. The molecular formula is C4H5BF2N2. The zero-order valence-corrected chi connectivity index (χ0v) is 4.59. The van der Waals surface area contributed by atoms with Crippen LogP contribution in [0.15, 0.2) is 16.7 Å². The molecule has 2 radical (unpaired) electrons. The molecule has 0 aromatic carbocycles. The Bertz CT molecular complexity index is 133. The lowest BCUT2D eigenvalue weighted by molar-refractivity contribution is 0.161. The highest BCUT2D eigenvalue weighted by atomic mass is 19.3. The van der Waals surface area contributed by atoms with E-state index in [9.17, 15) is 8.78 Å². The molecule has 0 amide bonds. The van der Waals surface area contributed by atoms with E-state index in [1.807, 2.05) is 0 Å². The fourth-order valence-corrected chi connectivity index (χ4v) is 0.185. The predicted molar refractivity (Wildman–Crippen MR) is 32.5 cm³/mol. The Kier molecular flexibility index (Phi) is 3.67. The molecule has 0 bridgehead atoms. The van der Waals surface area contributed by atoms with E-state index in [2.05, 4.69) is 4.99 Å². The summed E-state index contributed by atoms with van der Waals surface area (Å²) >= 11 is 0. The number of hydrogen-bond acceptors (Lipinski definition) is 2. The van der Waals surface area contributed by atoms with Crippen LogP contribution in [0.25, 0.3) is 0 Å². The highest BCUT2D eigenvalue weighted by Crippen LogP contribution is 1.91. The van der Waals surface area contributed by atoms with Crippen molar-refractivity contribution in [1.29, 1.82) is 0 Å². The number of halogens is 2. The Morgan fingerprint density at radius 3 is 2.56 bits per heavy atom. The molecule has 0 aliphatic carbocycles. The SMILES string of the molecule is [B]C(=C/N)/C=N/C(F)F. The first kappa shape index (κ1) is 8.13. The first-order valence-corrected chi connectivity index (χ1v) is 2.15. The molecule has 0 fully saturated rings. The van der Waals surface area contributed by atoms with Crippen molar-refractivity contribution >= 4 is 14.1 Å². The van der Waals surface area contributed by atoms with Gasteiger partial charge in [0.25, 0.3) is 0 Å². The van der Waals surface area contributed by atoms with Gasteiger partial charge in [-0.1, -0.05) is 5.47 Å². The summed E-state index contributed by atoms with van der Waals surface area (Å²) < 4.78 is 22.4. The topological polar surface area (TPSA) is 38.4 Å². The number of nitrogens with two attached hydrogens (primary N) is 1. The van der Waals surface area contributed by atoms with E-state index in [4.69, 9.17) is 13.6 Å². The molecule has 48 valence electrons. The lowest BCUT2D eigenvalue weighted by atomic mass is 9.99. The fraction of sp³-hybridized carbons (Fsp3) is 0.250. The molecule has 0 atom stereocenters. The molecule has 0 rings (SSSR count). The van der Waals surface area contributed by atoms with E-state index in [0.29, 0.717) is 0 Å². The van der Waals surface area contributed by atoms with E-state index in [-0.39, 0.29) is 5.47 Å². The minimum absolute atomic E-state index is 0.0234. The van der Waals surface area contributed by atoms with Gasteiger partial charge >= 0.3 is 6.55 Å². The quantitative estimate of drug-likeness (QED) is 0.324. The number of hydrogen-bond donors (Lipinski definition) is 1. The lowest BCUT2D eigenvalue weighted by Crippen LogP contribution is -1.92. The maximum absolute atomic E-state index is 11.2. The summed E-state index contributed by atoms with van der Waals surface area (Å²) in [4.78, 5) is 2.66. The number of nitrogens with zero attached hydrogens (tertiary/aromatic N) is 1. The van der Waals surface area contributed by atoms with Crippen LogP contribution in [0.3, 0.4) is 0 Å². The van der Waals surface area contributed by atoms with Crippen LogP contribution >= 0.6 is 0 Å². The summed E-state index contributed by atoms with van der Waals surface area (Å²) in [6.07, 6.45) is 1.80. The predicted octanol–water partition coefficient (Wildman–Crippen LogP) is 0.248. The first-order chi connectivity index (χ1) is 4.16. The maximum atomic E-state index is 11.2. The van der Waals surface area contributed by atoms with Crippen LogP contribution in [0.4, 0.5) is 8.78 Å². The second-order valence-corrected chi connectivity index (χ2v) is 1.22. The molecule has 0 aliphatic heterocycles. The summed E-state index contributed by atoms with van der Waals surface area (Å²) in [6.45, 7) is -2.72. The van der Waals surface area contributed by atoms with Crippen molar-refractivity contribution in [2.24, 2.45) is 10.7 Å². The standard InChI is InChI=1S/C4H5BF2N2/c5-3(1-8)2-9-4(6)7/h1-2,4H,8H2/b3-1+,9-2+. The van der Waals surface area contributed by atoms with Gasteiger partial charge in [0, 0.05) is 6.21 Å². The molecule has 5 heteroatoms. The smallest absolute Gasteiger partial charge is 0.331 e. The third-order valence-corrected chi connectivity index (χ3v) is 0.529. The number of aliphatic imine (C=N–C) groups is 1. The van der Waals surface area contributed by atoms with E-state index in [0.717, 1.165) is 12.4 Å². The van der Waals surface area contributed by atoms with Crippen molar-refractivity contribution in [3.8, 4) is 0 Å². The summed E-state index contributed by atoms with van der Waals surface area (Å²) in [5.41, 5.74) is 4.86. The molecule has 0 saturated carbocycles. The van der Waals surface area contributed by atoms with Crippen LogP contribution in [0.2, 0.25) is 0 Å². The number of alkyl halides is 2. The Hall–Kier alpha value is -0.865. The number of rotatable bonds is 2. The van der Waals surface area contributed by atoms with Crippen molar-refractivity contribution < 1.29 is 8.78 Å². The molecule has 0 aliphatic rings. The molecule has 2 N–H and O–H groups in total. The van der Waals surface area contributed by atoms with Gasteiger partial charge < -0.3 is 5.73 Å². The van der Waals surface area contributed by atoms with Crippen LogP contribution in [-0.2, 0) is 0 Å². The van der Waals surface area contributed by atoms with E-state index < -0.39 is 6.55 Å². The van der Waals surface area contributed by atoms with Gasteiger partial charge in [-0.25, -0.2) is 4.99 Å². The molecule has 0 saturated heterocycles. The number of allylic oxidation sites excluding steroid dienone is 1. The van der Waals surface area contributed by atoms with Gasteiger partial charge in [0.1, 0.15) is 7.85 Å². The summed E-state index contributed by atoms with van der Waals surface area (Å²) in [6, 6.07) is 0. The second kappa shape index (κ2) is 4.06. The fourth-order valence-electron chi connectivity index (χ4n) is 0.185. The van der Waals surface area contributed by atoms with Crippen molar-refractivity contribution in [1.82, 2.24) is 0 Å². The van der Waals surface area contributed by atoms with E-state index in [1.165, 1.54) is 0 Å². The van der Waals surface area contributed by atoms with Crippen LogP contribution in [-0.4, -0.2) is 20.6 Å². The zero-order valence-electron chi connectivity index (χ0n) is 4.59. The molecule has 2 nitrogen and oxygen atoms in total. The van der Waals surface area contributed by atoms with Crippen molar-refractivity contribution in [3.63, 3.8) is 0 Å². The zero-order chi connectivity index (χ0) is 7.28. The second-order valence-electron chi connectivity index (χ2n) is 1.22. The Morgan fingerprint density at radius 2 is 2.22 bits per heavy atom. The van der Waals surface area contributed by atoms with E-state index >= 15 is 0 Å². The Labute approximate surface area is 52.9 Å². The molecule has 0 heterocycles. The first-order valence-electron chi connectivity index (χ1n) is 2.15. The minimum atomic E-state index is -2.72. The summed E-state index contributed by atoms with van der Waals surface area (Å²) in [5, 5.41) is 0. The Morgan fingerprint density at radius 1 is 1.67 bits per heavy atom. The molecule has 9 heavy (non-hydrogen) atoms. The van der Waals surface area contributed by atoms with Gasteiger partial charge in [-0.2, -0.15) is 8.78 Å². The van der Waals surface area contributed by atoms with Gasteiger partial charge in [0.15, 0.2) is 0 Å². The average Bonchev–Trinajstić information content (AvgIpc) is 1.83. The van der Waals surface area contributed by atoms with Gasteiger partial charge in [0.2, 0.25) is 0 Å². The van der Waals surface area contributed by atoms with Crippen molar-refractivity contribution in [2.75, 3.05) is 0 Å². The largest absolute Gasteiger partial charge is 0.405 e. The van der Waals surface area contributed by atoms with Crippen LogP contribution in [0, 0.1) is 0 Å². The third kappa shape index (κ3) is 5.00. The Balaban J connectivity index is 3.71. The average molecular weight is 130 g/mol. The highest BCUT2D eigenvalue weighted by molar-refractivity contribution is 6.32. The van der Waals surface area contributed by atoms with Crippen molar-refractivity contribution in [2.45, 2.75) is 6.55 Å². The van der Waals surface area contributed by atoms with Crippen LogP contribution in [0.1, 0.15) is 0 Å². The minimum Gasteiger partial charge on any atom is -0.405 e. The van der Waals surface area contributed by atoms with Crippen LogP contribution in [0.5, 0.6) is 0 Å². The van der Waals surface area contributed by atoms with Crippen LogP contribution < -0.4 is 5.73 Å². The summed E-state index contributed by atoms with van der Waals surface area (Å²) in [7, 11) is 4.97. The van der Waals surface area contributed by atoms with Gasteiger partial charge in [-0.05, 0) is 6.20 Å². The molecule has 0 spiro atoms. The van der Waals surface area contributed by atoms with E-state index in [1.54, 1.807) is 0 Å². The molecule has 0 aromatic rings. The highest BCUT2D eigenvalue weighted by Gasteiger charge is 1.91. The van der Waals surface area contributed by atoms with Crippen molar-refractivity contribution in [3.05, 3.63) is 11.7 Å². The summed E-state index contributed by atoms with van der Waals surface area (Å²) in [5.74, 6) is 0. The molecule has 0 aromatic heterocycles. The molecular weight excluding hydrogens is 125 g/mol.